The molecule has 4 rings (SSSR count). The number of hydrogen-bond donors (Lipinski definition) is 0. The summed E-state index contributed by atoms with van der Waals surface area (Å²) in [7, 11) is 2.05. The molecular formula is C23H23Cl2N3O2. The number of nitrogens with zero attached hydrogens (tertiary/aromatic N) is 3. The first-order valence-corrected chi connectivity index (χ1v) is 10.6. The minimum absolute atomic E-state index is 0.194. The summed E-state index contributed by atoms with van der Waals surface area (Å²) in [4.78, 5) is 32.6. The predicted octanol–water partition coefficient (Wildman–Crippen LogP) is 4.14. The van der Waals surface area contributed by atoms with E-state index in [1.54, 1.807) is 18.2 Å². The molecular weight excluding hydrogens is 421 g/mol. The number of rotatable bonds is 3. The van der Waals surface area contributed by atoms with Crippen molar-refractivity contribution in [2.45, 2.75) is 13.8 Å². The van der Waals surface area contributed by atoms with Crippen molar-refractivity contribution in [2.75, 3.05) is 38.1 Å². The normalized spacial score (nSPS) is 18.0. The maximum atomic E-state index is 13.6. The molecule has 7 heteroatoms. The fourth-order valence-electron chi connectivity index (χ4n) is 3.88. The van der Waals surface area contributed by atoms with E-state index in [1.165, 1.54) is 0 Å². The lowest BCUT2D eigenvalue weighted by atomic mass is 9.99. The molecule has 30 heavy (non-hydrogen) atoms. The topological polar surface area (TPSA) is 43.9 Å². The third-order valence-corrected chi connectivity index (χ3v) is 6.66. The van der Waals surface area contributed by atoms with Gasteiger partial charge in [-0.1, -0.05) is 47.5 Å². The standard InChI is InChI=1S/C23H23Cl2N3O2/c1-14-7-8-16(13-15(14)2)19-21(27-11-9-26(3)10-12-27)23(30)28(22(19)29)18-6-4-5-17(24)20(18)25/h4-8,13H,9-12H2,1-3H3. The largest absolute Gasteiger partial charge is 0.364 e. The van der Waals surface area contributed by atoms with Crippen LogP contribution < -0.4 is 4.90 Å². The molecule has 2 heterocycles. The van der Waals surface area contributed by atoms with E-state index in [1.807, 2.05) is 36.9 Å². The summed E-state index contributed by atoms with van der Waals surface area (Å²) in [5, 5.41) is 0.496. The number of halogens is 2. The molecule has 0 spiro atoms. The highest BCUT2D eigenvalue weighted by Crippen LogP contribution is 2.40. The molecule has 2 aliphatic heterocycles. The fourth-order valence-corrected chi connectivity index (χ4v) is 4.26. The van der Waals surface area contributed by atoms with Crippen molar-refractivity contribution in [3.8, 4) is 0 Å². The minimum Gasteiger partial charge on any atom is -0.364 e. The van der Waals surface area contributed by atoms with Crippen LogP contribution in [0.25, 0.3) is 5.57 Å². The monoisotopic (exact) mass is 443 g/mol. The zero-order valence-electron chi connectivity index (χ0n) is 17.2. The Labute approximate surface area is 186 Å². The molecule has 0 aliphatic carbocycles. The minimum atomic E-state index is -0.374. The predicted molar refractivity (Wildman–Crippen MR) is 121 cm³/mol. The van der Waals surface area contributed by atoms with Crippen LogP contribution in [0, 0.1) is 13.8 Å². The molecule has 0 N–H and O–H groups in total. The Morgan fingerprint density at radius 1 is 0.867 bits per heavy atom. The number of carbonyl (C=O) groups is 2. The zero-order chi connectivity index (χ0) is 21.6. The number of carbonyl (C=O) groups excluding carboxylic acids is 2. The Morgan fingerprint density at radius 3 is 2.23 bits per heavy atom. The number of imide groups is 1. The maximum absolute atomic E-state index is 13.6. The van der Waals surface area contributed by atoms with Crippen molar-refractivity contribution in [3.05, 3.63) is 68.8 Å². The van der Waals surface area contributed by atoms with Crippen LogP contribution in [-0.2, 0) is 9.59 Å². The summed E-state index contributed by atoms with van der Waals surface area (Å²) in [6.45, 7) is 7.02. The Kier molecular flexibility index (Phi) is 5.62. The van der Waals surface area contributed by atoms with Gasteiger partial charge in [-0.05, 0) is 49.7 Å². The maximum Gasteiger partial charge on any atom is 0.282 e. The Hall–Kier alpha value is -2.34. The smallest absolute Gasteiger partial charge is 0.282 e. The molecule has 2 amide bonds. The number of aryl methyl sites for hydroxylation is 2. The molecule has 0 bridgehead atoms. The van der Waals surface area contributed by atoms with Gasteiger partial charge in [-0.15, -0.1) is 0 Å². The third kappa shape index (κ3) is 3.51. The van der Waals surface area contributed by atoms with Crippen molar-refractivity contribution in [3.63, 3.8) is 0 Å². The summed E-state index contributed by atoms with van der Waals surface area (Å²) in [5.41, 5.74) is 4.11. The van der Waals surface area contributed by atoms with Gasteiger partial charge in [0, 0.05) is 26.2 Å². The van der Waals surface area contributed by atoms with Gasteiger partial charge < -0.3 is 9.80 Å². The Bertz CT molecular complexity index is 1070. The lowest BCUT2D eigenvalue weighted by Gasteiger charge is -2.34. The molecule has 2 aromatic rings. The highest BCUT2D eigenvalue weighted by atomic mass is 35.5. The molecule has 1 saturated heterocycles. The number of likely N-dealkylation sites (N-methyl/N-ethyl adjacent to an activating group) is 1. The first-order chi connectivity index (χ1) is 14.3. The van der Waals surface area contributed by atoms with Crippen molar-refractivity contribution in [1.29, 1.82) is 0 Å². The van der Waals surface area contributed by atoms with Gasteiger partial charge in [0.1, 0.15) is 5.70 Å². The number of piperazine rings is 1. The average Bonchev–Trinajstić information content (AvgIpc) is 2.97. The van der Waals surface area contributed by atoms with E-state index < -0.39 is 0 Å². The number of amides is 2. The highest BCUT2D eigenvalue weighted by molar-refractivity contribution is 6.49. The van der Waals surface area contributed by atoms with Crippen molar-refractivity contribution < 1.29 is 9.59 Å². The Morgan fingerprint density at radius 2 is 1.57 bits per heavy atom. The van der Waals surface area contributed by atoms with Crippen molar-refractivity contribution in [1.82, 2.24) is 9.80 Å². The second-order valence-electron chi connectivity index (χ2n) is 7.83. The molecule has 5 nitrogen and oxygen atoms in total. The van der Waals surface area contributed by atoms with Crippen molar-refractivity contribution in [2.24, 2.45) is 0 Å². The van der Waals surface area contributed by atoms with Gasteiger partial charge in [0.2, 0.25) is 0 Å². The average molecular weight is 444 g/mol. The molecule has 0 aromatic heterocycles. The van der Waals surface area contributed by atoms with Crippen LogP contribution in [0.5, 0.6) is 0 Å². The van der Waals surface area contributed by atoms with Crippen LogP contribution >= 0.6 is 23.2 Å². The lowest BCUT2D eigenvalue weighted by Crippen LogP contribution is -2.46. The lowest BCUT2D eigenvalue weighted by molar-refractivity contribution is -0.120. The van der Waals surface area contributed by atoms with E-state index in [4.69, 9.17) is 23.2 Å². The number of hydrogen-bond acceptors (Lipinski definition) is 4. The molecule has 2 aromatic carbocycles. The molecule has 1 fully saturated rings. The zero-order valence-corrected chi connectivity index (χ0v) is 18.7. The second kappa shape index (κ2) is 8.06. The molecule has 0 atom stereocenters. The summed E-state index contributed by atoms with van der Waals surface area (Å²) < 4.78 is 0. The SMILES string of the molecule is Cc1ccc(C2=C(N3CCN(C)CC3)C(=O)N(c3cccc(Cl)c3Cl)C2=O)cc1C. The van der Waals surface area contributed by atoms with Crippen LogP contribution in [0.1, 0.15) is 16.7 Å². The van der Waals surface area contributed by atoms with Gasteiger partial charge in [-0.3, -0.25) is 9.59 Å². The van der Waals surface area contributed by atoms with E-state index >= 15 is 0 Å². The molecule has 0 unspecified atom stereocenters. The quantitative estimate of drug-likeness (QED) is 0.668. The molecule has 0 radical (unpaired) electrons. The molecule has 2 aliphatic rings. The van der Waals surface area contributed by atoms with E-state index in [9.17, 15) is 9.59 Å². The number of benzene rings is 2. The highest BCUT2D eigenvalue weighted by Gasteiger charge is 2.43. The van der Waals surface area contributed by atoms with Crippen LogP contribution in [0.4, 0.5) is 5.69 Å². The van der Waals surface area contributed by atoms with E-state index in [2.05, 4.69) is 11.9 Å². The van der Waals surface area contributed by atoms with Gasteiger partial charge in [0.05, 0.1) is 21.3 Å². The van der Waals surface area contributed by atoms with Crippen LogP contribution in [0.3, 0.4) is 0 Å². The number of anilines is 1. The van der Waals surface area contributed by atoms with Crippen LogP contribution in [-0.4, -0.2) is 54.8 Å². The van der Waals surface area contributed by atoms with E-state index in [-0.39, 0.29) is 16.8 Å². The van der Waals surface area contributed by atoms with Gasteiger partial charge in [0.25, 0.3) is 11.8 Å². The van der Waals surface area contributed by atoms with Gasteiger partial charge in [-0.2, -0.15) is 0 Å². The summed E-state index contributed by atoms with van der Waals surface area (Å²) in [6, 6.07) is 10.8. The van der Waals surface area contributed by atoms with E-state index in [0.29, 0.717) is 35.1 Å². The molecule has 0 saturated carbocycles. The summed E-state index contributed by atoms with van der Waals surface area (Å²) >= 11 is 12.5. The van der Waals surface area contributed by atoms with Crippen LogP contribution in [0.2, 0.25) is 10.0 Å². The Balaban J connectivity index is 1.86. The van der Waals surface area contributed by atoms with Gasteiger partial charge in [0.15, 0.2) is 0 Å². The second-order valence-corrected chi connectivity index (χ2v) is 8.62. The van der Waals surface area contributed by atoms with Crippen LogP contribution in [0.15, 0.2) is 42.1 Å². The fraction of sp³-hybridized carbons (Fsp3) is 0.304. The first kappa shape index (κ1) is 20.9. The van der Waals surface area contributed by atoms with Gasteiger partial charge >= 0.3 is 0 Å². The summed E-state index contributed by atoms with van der Waals surface area (Å²) in [5.74, 6) is -0.733. The first-order valence-electron chi connectivity index (χ1n) is 9.87. The van der Waals surface area contributed by atoms with E-state index in [0.717, 1.165) is 34.7 Å². The van der Waals surface area contributed by atoms with Gasteiger partial charge in [-0.25, -0.2) is 4.90 Å². The summed E-state index contributed by atoms with van der Waals surface area (Å²) in [6.07, 6.45) is 0. The molecule has 156 valence electrons. The third-order valence-electron chi connectivity index (χ3n) is 5.85. The van der Waals surface area contributed by atoms with Crippen molar-refractivity contribution >= 4 is 46.3 Å².